The summed E-state index contributed by atoms with van der Waals surface area (Å²) in [7, 11) is 0. The molecule has 2 bridgehead atoms. The van der Waals surface area contributed by atoms with Crippen LogP contribution in [0.15, 0.2) is 10.9 Å². The van der Waals surface area contributed by atoms with E-state index >= 15 is 4.39 Å². The first-order valence-corrected chi connectivity index (χ1v) is 18.0. The number of ether oxygens (including phenoxy) is 1. The molecule has 7 aliphatic rings. The van der Waals surface area contributed by atoms with Crippen LogP contribution in [-0.2, 0) is 12.7 Å². The van der Waals surface area contributed by atoms with Gasteiger partial charge in [0, 0.05) is 50.7 Å². The molecule has 1 spiro atoms. The standard InChI is InChI=1S/C35H39F5N8O2/c36-18-11-34(14-33(7-1-8-33)15-46(34)12-18)16-50-32-44-28-26(37)24(27-25(35(38,39)40)20(17-2-3-17)10-23(41)43-27)31(49)47-9-6-22-21-5-4-19(42-21)13-48(22)30(45-32)29(28)47/h10,17-19,21-22,42H,1-9,11-16H2,(H2,41,43)/t18-,19?,21?,22?,34-/m1/s1. The first kappa shape index (κ1) is 31.2. The Kier molecular flexibility index (Phi) is 6.54. The zero-order chi connectivity index (χ0) is 34.3. The summed E-state index contributed by atoms with van der Waals surface area (Å²) >= 11 is 0. The Morgan fingerprint density at radius 2 is 1.90 bits per heavy atom. The van der Waals surface area contributed by atoms with Crippen LogP contribution in [0.1, 0.15) is 81.3 Å². The summed E-state index contributed by atoms with van der Waals surface area (Å²) in [4.78, 5) is 32.0. The lowest BCUT2D eigenvalue weighted by molar-refractivity contribution is -0.137. The van der Waals surface area contributed by atoms with Crippen molar-refractivity contribution in [2.24, 2.45) is 5.41 Å². The van der Waals surface area contributed by atoms with Gasteiger partial charge in [0.1, 0.15) is 35.2 Å². The maximum Gasteiger partial charge on any atom is 0.418 e. The van der Waals surface area contributed by atoms with Crippen molar-refractivity contribution in [2.45, 2.75) is 113 Å². The number of pyridine rings is 2. The molecule has 6 fully saturated rings. The number of aryl methyl sites for hydroxylation is 1. The minimum Gasteiger partial charge on any atom is -0.461 e. The lowest BCUT2D eigenvalue weighted by atomic mass is 9.65. The van der Waals surface area contributed by atoms with Crippen molar-refractivity contribution in [3.8, 4) is 17.3 Å². The van der Waals surface area contributed by atoms with E-state index in [4.69, 9.17) is 15.5 Å². The molecule has 0 radical (unpaired) electrons. The Bertz CT molecular complexity index is 2000. The quantitative estimate of drug-likeness (QED) is 0.359. The van der Waals surface area contributed by atoms with Gasteiger partial charge in [-0.05, 0) is 74.3 Å². The third-order valence-corrected chi connectivity index (χ3v) is 12.9. The molecule has 3 aromatic heterocycles. The second-order valence-electron chi connectivity index (χ2n) is 16.1. The molecule has 10 rings (SSSR count). The van der Waals surface area contributed by atoms with Gasteiger partial charge in [-0.15, -0.1) is 0 Å². The maximum atomic E-state index is 17.2. The summed E-state index contributed by atoms with van der Waals surface area (Å²) in [6, 6.07) is 1.23. The number of nitrogens with zero attached hydrogens (tertiary/aromatic N) is 6. The molecule has 3 aromatic rings. The summed E-state index contributed by atoms with van der Waals surface area (Å²) in [6.45, 7) is 1.94. The molecule has 0 amide bonds. The zero-order valence-electron chi connectivity index (χ0n) is 27.5. The fourth-order valence-electron chi connectivity index (χ4n) is 10.5. The van der Waals surface area contributed by atoms with Crippen molar-refractivity contribution in [3.63, 3.8) is 0 Å². The summed E-state index contributed by atoms with van der Waals surface area (Å²) in [6.07, 6.45) is 1.99. The Morgan fingerprint density at radius 1 is 1.08 bits per heavy atom. The molecule has 4 saturated heterocycles. The topological polar surface area (TPSA) is 114 Å². The highest BCUT2D eigenvalue weighted by molar-refractivity contribution is 5.91. The minimum absolute atomic E-state index is 0.0752. The smallest absolute Gasteiger partial charge is 0.418 e. The summed E-state index contributed by atoms with van der Waals surface area (Å²) in [5.74, 6) is -1.50. The molecule has 2 saturated carbocycles. The van der Waals surface area contributed by atoms with Crippen molar-refractivity contribution in [2.75, 3.05) is 36.9 Å². The number of nitrogen functional groups attached to an aromatic ring is 1. The van der Waals surface area contributed by atoms with E-state index in [1.54, 1.807) is 0 Å². The molecule has 0 aromatic carbocycles. The number of anilines is 2. The largest absolute Gasteiger partial charge is 0.461 e. The van der Waals surface area contributed by atoms with Crippen LogP contribution in [0.5, 0.6) is 6.01 Å². The maximum absolute atomic E-state index is 17.2. The molecule has 266 valence electrons. The van der Waals surface area contributed by atoms with Gasteiger partial charge < -0.3 is 25.3 Å². The van der Waals surface area contributed by atoms with E-state index in [0.717, 1.165) is 45.1 Å². The van der Waals surface area contributed by atoms with Crippen LogP contribution in [0.2, 0.25) is 0 Å². The van der Waals surface area contributed by atoms with Crippen molar-refractivity contribution in [1.82, 2.24) is 29.7 Å². The van der Waals surface area contributed by atoms with Crippen LogP contribution in [-0.4, -0.2) is 80.5 Å². The number of piperazine rings is 1. The number of alkyl halides is 4. The number of rotatable bonds is 5. The zero-order valence-corrected chi connectivity index (χ0v) is 27.5. The van der Waals surface area contributed by atoms with E-state index in [2.05, 4.69) is 25.1 Å². The SMILES string of the molecule is Nc1cc(C2CC2)c(C(F)(F)F)c(-c2c(F)c3nc(OC[C@]45C[C@@H](F)CN4CC4(CCC4)C5)nc4c3n(c2=O)CCC2C3CCC(CN42)N3)n1. The predicted molar refractivity (Wildman–Crippen MR) is 174 cm³/mol. The number of hydrogen-bond donors (Lipinski definition) is 2. The molecule has 5 aliphatic heterocycles. The number of aromatic nitrogens is 4. The van der Waals surface area contributed by atoms with Gasteiger partial charge in [0.2, 0.25) is 0 Å². The third-order valence-electron chi connectivity index (χ3n) is 12.9. The van der Waals surface area contributed by atoms with Gasteiger partial charge in [-0.1, -0.05) is 6.42 Å². The lowest BCUT2D eigenvalue weighted by Crippen LogP contribution is -2.58. The second kappa shape index (κ2) is 10.5. The van der Waals surface area contributed by atoms with Crippen molar-refractivity contribution in [1.29, 1.82) is 0 Å². The first-order chi connectivity index (χ1) is 23.9. The van der Waals surface area contributed by atoms with Gasteiger partial charge in [-0.25, -0.2) is 13.8 Å². The minimum atomic E-state index is -4.92. The number of fused-ring (bicyclic) bond motifs is 6. The van der Waals surface area contributed by atoms with Gasteiger partial charge in [-0.2, -0.15) is 23.1 Å². The highest BCUT2D eigenvalue weighted by atomic mass is 19.4. The molecule has 2 aliphatic carbocycles. The molecule has 15 heteroatoms. The Balaban J connectivity index is 1.15. The van der Waals surface area contributed by atoms with Crippen LogP contribution >= 0.6 is 0 Å². The first-order valence-electron chi connectivity index (χ1n) is 18.0. The Hall–Kier alpha value is -3.59. The van der Waals surface area contributed by atoms with E-state index < -0.39 is 52.0 Å². The third kappa shape index (κ3) is 4.56. The number of nitrogens with one attached hydrogen (secondary N) is 1. The molecule has 8 heterocycles. The average Bonchev–Trinajstić information content (AvgIpc) is 3.69. The highest BCUT2D eigenvalue weighted by Gasteiger charge is 2.60. The molecular weight excluding hydrogens is 659 g/mol. The van der Waals surface area contributed by atoms with Crippen LogP contribution < -0.4 is 26.2 Å². The summed E-state index contributed by atoms with van der Waals surface area (Å²) < 4.78 is 84.2. The molecule has 10 nitrogen and oxygen atoms in total. The van der Waals surface area contributed by atoms with Crippen LogP contribution in [0.25, 0.3) is 22.3 Å². The molecule has 50 heavy (non-hydrogen) atoms. The fourth-order valence-corrected chi connectivity index (χ4v) is 10.5. The van der Waals surface area contributed by atoms with Crippen molar-refractivity contribution < 1.29 is 26.7 Å². The van der Waals surface area contributed by atoms with Crippen molar-refractivity contribution in [3.05, 3.63) is 33.4 Å². The van der Waals surface area contributed by atoms with Gasteiger partial charge in [0.05, 0.1) is 16.8 Å². The lowest BCUT2D eigenvalue weighted by Gasteiger charge is -2.41. The van der Waals surface area contributed by atoms with Gasteiger partial charge in [0.25, 0.3) is 5.56 Å². The van der Waals surface area contributed by atoms with Crippen molar-refractivity contribution >= 4 is 22.7 Å². The van der Waals surface area contributed by atoms with Crippen LogP contribution in [0.3, 0.4) is 0 Å². The molecule has 5 atom stereocenters. The normalized spacial score (nSPS) is 31.2. The molecule has 3 unspecified atom stereocenters. The van der Waals surface area contributed by atoms with Crippen LogP contribution in [0.4, 0.5) is 33.6 Å². The average molecular weight is 699 g/mol. The van der Waals surface area contributed by atoms with E-state index in [1.165, 1.54) is 10.6 Å². The number of halogens is 5. The second-order valence-corrected chi connectivity index (χ2v) is 16.1. The van der Waals surface area contributed by atoms with E-state index in [-0.39, 0.29) is 65.1 Å². The summed E-state index contributed by atoms with van der Waals surface area (Å²) in [5, 5.41) is 3.65. The van der Waals surface area contributed by atoms with Gasteiger partial charge in [-0.3, -0.25) is 9.69 Å². The van der Waals surface area contributed by atoms with Gasteiger partial charge in [0.15, 0.2) is 11.6 Å². The Labute approximate surface area is 284 Å². The number of hydrogen-bond acceptors (Lipinski definition) is 9. The van der Waals surface area contributed by atoms with Crippen LogP contribution in [0, 0.1) is 11.2 Å². The molecular formula is C35H39F5N8O2. The van der Waals surface area contributed by atoms with E-state index in [9.17, 15) is 22.4 Å². The predicted octanol–water partition coefficient (Wildman–Crippen LogP) is 4.92. The fraction of sp³-hybridized carbons (Fsp3) is 0.657. The highest BCUT2D eigenvalue weighted by Crippen LogP contribution is 2.57. The Morgan fingerprint density at radius 3 is 2.64 bits per heavy atom. The summed E-state index contributed by atoms with van der Waals surface area (Å²) in [5.41, 5.74) is 1.72. The van der Waals surface area contributed by atoms with E-state index in [0.29, 0.717) is 44.6 Å². The van der Waals surface area contributed by atoms with E-state index in [1.807, 2.05) is 0 Å². The van der Waals surface area contributed by atoms with Gasteiger partial charge >= 0.3 is 12.2 Å². The number of nitrogens with two attached hydrogens (primary N) is 1. The molecule has 3 N–H and O–H groups in total. The monoisotopic (exact) mass is 698 g/mol.